The highest BCUT2D eigenvalue weighted by Crippen LogP contribution is 2.36. The van der Waals surface area contributed by atoms with Crippen molar-refractivity contribution in [3.63, 3.8) is 0 Å². The van der Waals surface area contributed by atoms with Gasteiger partial charge in [-0.3, -0.25) is 4.79 Å². The Morgan fingerprint density at radius 1 is 1.11 bits per heavy atom. The first kappa shape index (κ1) is 22.0. The minimum atomic E-state index is -4.75. The highest BCUT2D eigenvalue weighted by atomic mass is 35.5. The van der Waals surface area contributed by atoms with Crippen LogP contribution in [0.2, 0.25) is 5.02 Å². The number of nitrogens with zero attached hydrogens (tertiary/aromatic N) is 2. The second-order valence-electron chi connectivity index (χ2n) is 7.66. The number of carbonyl (C=O) groups is 1. The van der Waals surface area contributed by atoms with Crippen molar-refractivity contribution >= 4 is 27.5 Å². The first-order valence-electron chi connectivity index (χ1n) is 8.36. The fourth-order valence-electron chi connectivity index (χ4n) is 2.77. The zero-order valence-corrected chi connectivity index (χ0v) is 16.9. The number of hydrogen-bond acceptors (Lipinski definition) is 3. The third-order valence-corrected chi connectivity index (χ3v) is 6.38. The van der Waals surface area contributed by atoms with E-state index in [9.17, 15) is 26.4 Å². The maximum Gasteiger partial charge on any atom is 0.417 e. The molecule has 1 aliphatic rings. The molecule has 0 atom stereocenters. The molecule has 27 heavy (non-hydrogen) atoms. The van der Waals surface area contributed by atoms with Crippen LogP contribution in [0.3, 0.4) is 0 Å². The Bertz CT molecular complexity index is 812. The van der Waals surface area contributed by atoms with Crippen molar-refractivity contribution in [2.75, 3.05) is 26.2 Å². The largest absolute Gasteiger partial charge is 0.417 e. The van der Waals surface area contributed by atoms with Gasteiger partial charge >= 0.3 is 6.18 Å². The molecular weight excluding hydrogens is 405 g/mol. The summed E-state index contributed by atoms with van der Waals surface area (Å²) in [6.45, 7) is 6.27. The first-order chi connectivity index (χ1) is 12.2. The maximum absolute atomic E-state index is 13.0. The third kappa shape index (κ3) is 5.36. The van der Waals surface area contributed by atoms with Gasteiger partial charge in [0.1, 0.15) is 0 Å². The Morgan fingerprint density at radius 2 is 1.67 bits per heavy atom. The zero-order chi connectivity index (χ0) is 20.6. The van der Waals surface area contributed by atoms with Crippen molar-refractivity contribution in [1.82, 2.24) is 9.21 Å². The number of piperazine rings is 1. The molecule has 1 saturated heterocycles. The van der Waals surface area contributed by atoms with Crippen LogP contribution in [0.5, 0.6) is 0 Å². The molecule has 0 unspecified atom stereocenters. The van der Waals surface area contributed by atoms with Crippen LogP contribution in [0, 0.1) is 5.41 Å². The highest BCUT2D eigenvalue weighted by Gasteiger charge is 2.36. The van der Waals surface area contributed by atoms with Crippen LogP contribution in [0.25, 0.3) is 0 Å². The number of amides is 1. The van der Waals surface area contributed by atoms with Crippen LogP contribution >= 0.6 is 11.6 Å². The molecule has 1 aliphatic heterocycles. The van der Waals surface area contributed by atoms with Gasteiger partial charge < -0.3 is 4.90 Å². The van der Waals surface area contributed by atoms with E-state index in [1.54, 1.807) is 4.90 Å². The molecule has 1 amide bonds. The molecule has 5 nitrogen and oxygen atoms in total. The van der Waals surface area contributed by atoms with Crippen molar-refractivity contribution < 1.29 is 26.4 Å². The number of halogens is 4. The molecule has 1 aromatic carbocycles. The van der Waals surface area contributed by atoms with Gasteiger partial charge in [0.15, 0.2) is 0 Å². The molecule has 0 spiro atoms. The predicted molar refractivity (Wildman–Crippen MR) is 95.9 cm³/mol. The number of carbonyl (C=O) groups excluding carboxylic acids is 1. The lowest BCUT2D eigenvalue weighted by Gasteiger charge is -2.35. The lowest BCUT2D eigenvalue weighted by Crippen LogP contribution is -2.51. The van der Waals surface area contributed by atoms with Gasteiger partial charge in [0, 0.05) is 32.6 Å². The molecule has 1 fully saturated rings. The summed E-state index contributed by atoms with van der Waals surface area (Å²) in [5.41, 5.74) is -1.37. The third-order valence-electron chi connectivity index (χ3n) is 4.15. The minimum Gasteiger partial charge on any atom is -0.340 e. The lowest BCUT2D eigenvalue weighted by atomic mass is 9.91. The van der Waals surface area contributed by atoms with Crippen LogP contribution in [-0.4, -0.2) is 49.7 Å². The summed E-state index contributed by atoms with van der Waals surface area (Å²) < 4.78 is 65.5. The molecule has 0 radical (unpaired) electrons. The van der Waals surface area contributed by atoms with Crippen LogP contribution < -0.4 is 0 Å². The number of hydrogen-bond donors (Lipinski definition) is 0. The molecule has 2 rings (SSSR count). The first-order valence-corrected chi connectivity index (χ1v) is 10.2. The van der Waals surface area contributed by atoms with Crippen molar-refractivity contribution in [1.29, 1.82) is 0 Å². The van der Waals surface area contributed by atoms with E-state index in [4.69, 9.17) is 11.6 Å². The van der Waals surface area contributed by atoms with E-state index in [0.29, 0.717) is 12.5 Å². The summed E-state index contributed by atoms with van der Waals surface area (Å²) in [5, 5.41) is -0.556. The van der Waals surface area contributed by atoms with E-state index in [2.05, 4.69) is 0 Å². The number of alkyl halides is 3. The van der Waals surface area contributed by atoms with Gasteiger partial charge in [-0.05, 0) is 23.6 Å². The Kier molecular flexibility index (Phi) is 6.18. The molecule has 1 aromatic rings. The second-order valence-corrected chi connectivity index (χ2v) is 10.0. The average molecular weight is 427 g/mol. The molecule has 0 N–H and O–H groups in total. The van der Waals surface area contributed by atoms with Gasteiger partial charge in [-0.1, -0.05) is 32.4 Å². The Labute approximate surface area is 162 Å². The standard InChI is InChI=1S/C17H22ClF3N2O3S/c1-16(2,3)11-15(24)22-6-8-23(9-7-22)27(25,26)12-4-5-14(18)13(10-12)17(19,20)21/h4-5,10H,6-9,11H2,1-3H3. The zero-order valence-electron chi connectivity index (χ0n) is 15.3. The highest BCUT2D eigenvalue weighted by molar-refractivity contribution is 7.89. The summed E-state index contributed by atoms with van der Waals surface area (Å²) in [6.07, 6.45) is -4.41. The van der Waals surface area contributed by atoms with Gasteiger partial charge in [-0.2, -0.15) is 17.5 Å². The molecule has 0 aliphatic carbocycles. The van der Waals surface area contributed by atoms with Gasteiger partial charge in [0.2, 0.25) is 15.9 Å². The van der Waals surface area contributed by atoms with Crippen molar-refractivity contribution in [3.8, 4) is 0 Å². The van der Waals surface area contributed by atoms with E-state index in [1.165, 1.54) is 0 Å². The molecule has 152 valence electrons. The lowest BCUT2D eigenvalue weighted by molar-refractivity contribution is -0.137. The fraction of sp³-hybridized carbons (Fsp3) is 0.588. The van der Waals surface area contributed by atoms with Crippen LogP contribution in [0.1, 0.15) is 32.8 Å². The Balaban J connectivity index is 2.15. The normalized spacial score (nSPS) is 17.2. The quantitative estimate of drug-likeness (QED) is 0.741. The minimum absolute atomic E-state index is 0.0300. The van der Waals surface area contributed by atoms with E-state index >= 15 is 0 Å². The van der Waals surface area contributed by atoms with E-state index in [1.807, 2.05) is 20.8 Å². The summed E-state index contributed by atoms with van der Waals surface area (Å²) in [6, 6.07) is 2.54. The van der Waals surface area contributed by atoms with Gasteiger partial charge in [0.05, 0.1) is 15.5 Å². The molecule has 0 bridgehead atoms. The van der Waals surface area contributed by atoms with Gasteiger partial charge in [-0.15, -0.1) is 0 Å². The number of rotatable bonds is 3. The van der Waals surface area contributed by atoms with Crippen LogP contribution in [0.15, 0.2) is 23.1 Å². The van der Waals surface area contributed by atoms with Crippen molar-refractivity contribution in [3.05, 3.63) is 28.8 Å². The summed E-state index contributed by atoms with van der Waals surface area (Å²) in [7, 11) is -4.11. The fourth-order valence-corrected chi connectivity index (χ4v) is 4.45. The van der Waals surface area contributed by atoms with Crippen molar-refractivity contribution in [2.45, 2.75) is 38.3 Å². The van der Waals surface area contributed by atoms with Crippen LogP contribution in [0.4, 0.5) is 13.2 Å². The summed E-state index contributed by atoms with van der Waals surface area (Å²) in [5.74, 6) is -0.0644. The van der Waals surface area contributed by atoms with E-state index in [-0.39, 0.29) is 37.5 Å². The van der Waals surface area contributed by atoms with Gasteiger partial charge in [0.25, 0.3) is 0 Å². The van der Waals surface area contributed by atoms with Crippen LogP contribution in [-0.2, 0) is 21.0 Å². The van der Waals surface area contributed by atoms with Gasteiger partial charge in [-0.25, -0.2) is 8.42 Å². The summed E-state index contributed by atoms with van der Waals surface area (Å²) >= 11 is 5.55. The second kappa shape index (κ2) is 7.60. The number of sulfonamides is 1. The van der Waals surface area contributed by atoms with E-state index < -0.39 is 31.7 Å². The Hall–Kier alpha value is -1.32. The molecule has 0 aromatic heterocycles. The number of benzene rings is 1. The topological polar surface area (TPSA) is 57.7 Å². The molecule has 10 heteroatoms. The molecule has 0 saturated carbocycles. The average Bonchev–Trinajstić information content (AvgIpc) is 2.52. The maximum atomic E-state index is 13.0. The molecular formula is C17H22ClF3N2O3S. The summed E-state index contributed by atoms with van der Waals surface area (Å²) in [4.78, 5) is 13.4. The monoisotopic (exact) mass is 426 g/mol. The predicted octanol–water partition coefficient (Wildman–Crippen LogP) is 3.63. The van der Waals surface area contributed by atoms with E-state index in [0.717, 1.165) is 16.4 Å². The SMILES string of the molecule is CC(C)(C)CC(=O)N1CCN(S(=O)(=O)c2ccc(Cl)c(C(F)(F)F)c2)CC1. The molecule has 1 heterocycles. The Morgan fingerprint density at radius 3 is 2.15 bits per heavy atom. The smallest absolute Gasteiger partial charge is 0.340 e. The van der Waals surface area contributed by atoms with Crippen molar-refractivity contribution in [2.24, 2.45) is 5.41 Å².